The average molecular weight is 238 g/mol. The molecule has 0 amide bonds. The van der Waals surface area contributed by atoms with Gasteiger partial charge in [-0.2, -0.15) is 0 Å². The Morgan fingerprint density at radius 3 is 2.46 bits per heavy atom. The fourth-order valence-electron chi connectivity index (χ4n) is 0.939. The minimum absolute atomic E-state index is 0. The van der Waals surface area contributed by atoms with Gasteiger partial charge in [-0.15, -0.1) is 0 Å². The Kier molecular flexibility index (Phi) is 11.8. The molecule has 0 aromatic heterocycles. The van der Waals surface area contributed by atoms with E-state index in [1.54, 1.807) is 0 Å². The number of hydrogen-bond acceptors (Lipinski definition) is 4. The summed E-state index contributed by atoms with van der Waals surface area (Å²) in [6, 6.07) is 0. The van der Waals surface area contributed by atoms with Crippen molar-refractivity contribution >= 4 is 5.97 Å². The first kappa shape index (κ1) is 15.4. The molecule has 0 rings (SSSR count). The van der Waals surface area contributed by atoms with Crippen molar-refractivity contribution in [3.63, 3.8) is 0 Å². The molecule has 0 aromatic rings. The summed E-state index contributed by atoms with van der Waals surface area (Å²) in [5, 5.41) is 0. The van der Waals surface area contributed by atoms with Crippen molar-refractivity contribution in [1.82, 2.24) is 0 Å². The number of unbranched alkanes of at least 4 members (excludes halogenated alkanes) is 2. The summed E-state index contributed by atoms with van der Waals surface area (Å²) < 4.78 is 4.74. The van der Waals surface area contributed by atoms with Gasteiger partial charge in [0.05, 0.1) is 0 Å². The summed E-state index contributed by atoms with van der Waals surface area (Å²) in [4.78, 5) is 10.4. The first-order valence-electron chi connectivity index (χ1n) is 4.29. The molecule has 0 aliphatic carbocycles. The number of carbonyl (C=O) groups excluding carboxylic acids is 1. The Bertz CT molecular complexity index is 133. The summed E-state index contributed by atoms with van der Waals surface area (Å²) in [6.45, 7) is 2.07. The molecule has 5 heteroatoms. The van der Waals surface area contributed by atoms with Gasteiger partial charge in [-0.25, -0.2) is 0 Å². The van der Waals surface area contributed by atoms with E-state index in [2.05, 4.69) is 0 Å². The second-order valence-electron chi connectivity index (χ2n) is 2.79. The Morgan fingerprint density at radius 1 is 1.38 bits per heavy atom. The van der Waals surface area contributed by atoms with Crippen LogP contribution in [0.5, 0.6) is 0 Å². The number of nitrogens with two attached hydrogens (primary N) is 2. The van der Waals surface area contributed by atoms with Gasteiger partial charge in [0, 0.05) is 24.0 Å². The molecule has 4 nitrogen and oxygen atoms in total. The zero-order valence-corrected chi connectivity index (χ0v) is 8.83. The molecule has 0 bridgehead atoms. The summed E-state index contributed by atoms with van der Waals surface area (Å²) >= 11 is 0. The zero-order valence-electron chi connectivity index (χ0n) is 7.89. The van der Waals surface area contributed by atoms with Gasteiger partial charge >= 0.3 is 5.97 Å². The van der Waals surface area contributed by atoms with E-state index < -0.39 is 6.23 Å². The van der Waals surface area contributed by atoms with Gasteiger partial charge in [-0.1, -0.05) is 6.42 Å². The molecule has 0 saturated heterocycles. The second kappa shape index (κ2) is 9.99. The minimum Gasteiger partial charge on any atom is -0.447 e. The first-order chi connectivity index (χ1) is 5.66. The van der Waals surface area contributed by atoms with Crippen LogP contribution in [0, 0.1) is 0 Å². The van der Waals surface area contributed by atoms with Crippen molar-refractivity contribution in [2.24, 2.45) is 11.5 Å². The molecule has 0 aromatic carbocycles. The number of hydrogen-bond donors (Lipinski definition) is 2. The molecule has 0 aliphatic heterocycles. The zero-order chi connectivity index (χ0) is 9.40. The SMILES string of the molecule is CC(=O)OC(N)CCCCCN.[Cu]. The molecule has 1 atom stereocenters. The number of ether oxygens (including phenoxy) is 1. The van der Waals surface area contributed by atoms with Gasteiger partial charge in [-0.3, -0.25) is 10.5 Å². The third-order valence-corrected chi connectivity index (χ3v) is 1.51. The van der Waals surface area contributed by atoms with Gasteiger partial charge in [0.25, 0.3) is 0 Å². The average Bonchev–Trinajstić information content (AvgIpc) is 1.97. The summed E-state index contributed by atoms with van der Waals surface area (Å²) in [5.74, 6) is -0.318. The van der Waals surface area contributed by atoms with Gasteiger partial charge < -0.3 is 10.5 Å². The number of esters is 1. The largest absolute Gasteiger partial charge is 0.447 e. The maximum absolute atomic E-state index is 10.4. The molecular formula is C8H18CuN2O2. The van der Waals surface area contributed by atoms with Crippen LogP contribution in [-0.4, -0.2) is 18.7 Å². The van der Waals surface area contributed by atoms with Crippen LogP contribution in [0.2, 0.25) is 0 Å². The normalized spacial score (nSPS) is 11.6. The van der Waals surface area contributed by atoms with Crippen molar-refractivity contribution in [2.45, 2.75) is 38.8 Å². The predicted molar refractivity (Wildman–Crippen MR) is 47.3 cm³/mol. The van der Waals surface area contributed by atoms with Crippen LogP contribution in [0.4, 0.5) is 0 Å². The maximum atomic E-state index is 10.4. The quantitative estimate of drug-likeness (QED) is 0.303. The Hall–Kier alpha value is -0.0905. The van der Waals surface area contributed by atoms with E-state index in [-0.39, 0.29) is 23.0 Å². The van der Waals surface area contributed by atoms with Crippen LogP contribution >= 0.6 is 0 Å². The summed E-state index contributed by atoms with van der Waals surface area (Å²) in [7, 11) is 0. The molecule has 4 N–H and O–H groups in total. The Balaban J connectivity index is 0. The smallest absolute Gasteiger partial charge is 0.304 e. The summed E-state index contributed by atoms with van der Waals surface area (Å²) in [5.41, 5.74) is 10.8. The van der Waals surface area contributed by atoms with Crippen molar-refractivity contribution in [3.8, 4) is 0 Å². The third-order valence-electron chi connectivity index (χ3n) is 1.51. The van der Waals surface area contributed by atoms with Crippen LogP contribution in [0.1, 0.15) is 32.6 Å². The molecular weight excluding hydrogens is 220 g/mol. The molecule has 0 spiro atoms. The molecule has 13 heavy (non-hydrogen) atoms. The fraction of sp³-hybridized carbons (Fsp3) is 0.875. The van der Waals surface area contributed by atoms with Gasteiger partial charge in [0.1, 0.15) is 0 Å². The van der Waals surface area contributed by atoms with Crippen molar-refractivity contribution in [1.29, 1.82) is 0 Å². The van der Waals surface area contributed by atoms with E-state index in [1.807, 2.05) is 0 Å². The van der Waals surface area contributed by atoms with E-state index >= 15 is 0 Å². The molecule has 0 aliphatic rings. The fourth-order valence-corrected chi connectivity index (χ4v) is 0.939. The molecule has 0 fully saturated rings. The van der Waals surface area contributed by atoms with E-state index in [0.29, 0.717) is 6.54 Å². The first-order valence-corrected chi connectivity index (χ1v) is 4.29. The molecule has 0 saturated carbocycles. The number of carbonyl (C=O) groups is 1. The number of rotatable bonds is 6. The van der Waals surface area contributed by atoms with Crippen LogP contribution in [0.15, 0.2) is 0 Å². The van der Waals surface area contributed by atoms with Gasteiger partial charge in [-0.05, 0) is 25.8 Å². The van der Waals surface area contributed by atoms with E-state index in [4.69, 9.17) is 16.2 Å². The van der Waals surface area contributed by atoms with Crippen LogP contribution in [-0.2, 0) is 26.6 Å². The summed E-state index contributed by atoms with van der Waals surface area (Å²) in [6.07, 6.45) is 3.30. The van der Waals surface area contributed by atoms with E-state index in [0.717, 1.165) is 25.7 Å². The standard InChI is InChI=1S/C8H18N2O2.Cu/c1-7(11)12-8(10)5-3-2-4-6-9;/h8H,2-6,9-10H2,1H3;. The van der Waals surface area contributed by atoms with Crippen molar-refractivity contribution in [2.75, 3.05) is 6.54 Å². The topological polar surface area (TPSA) is 78.3 Å². The van der Waals surface area contributed by atoms with E-state index in [9.17, 15) is 4.79 Å². The van der Waals surface area contributed by atoms with Crippen molar-refractivity contribution in [3.05, 3.63) is 0 Å². The predicted octanol–water partition coefficient (Wildman–Crippen LogP) is 0.351. The third kappa shape index (κ3) is 11.9. The molecule has 83 valence electrons. The van der Waals surface area contributed by atoms with Crippen LogP contribution in [0.3, 0.4) is 0 Å². The molecule has 1 radical (unpaired) electrons. The van der Waals surface area contributed by atoms with Gasteiger partial charge in [0.2, 0.25) is 0 Å². The Morgan fingerprint density at radius 2 is 2.00 bits per heavy atom. The monoisotopic (exact) mass is 237 g/mol. The van der Waals surface area contributed by atoms with Crippen LogP contribution in [0.25, 0.3) is 0 Å². The molecule has 0 heterocycles. The maximum Gasteiger partial charge on any atom is 0.304 e. The Labute approximate surface area is 89.8 Å². The second-order valence-corrected chi connectivity index (χ2v) is 2.79. The van der Waals surface area contributed by atoms with Crippen LogP contribution < -0.4 is 11.5 Å². The van der Waals surface area contributed by atoms with Gasteiger partial charge in [0.15, 0.2) is 6.23 Å². The van der Waals surface area contributed by atoms with Crippen molar-refractivity contribution < 1.29 is 26.6 Å². The molecule has 1 unspecified atom stereocenters. The minimum atomic E-state index is -0.444. The van der Waals surface area contributed by atoms with E-state index in [1.165, 1.54) is 6.92 Å².